The maximum Gasteiger partial charge on any atom is 0.310 e. The van der Waals surface area contributed by atoms with Gasteiger partial charge in [0, 0.05) is 16.5 Å². The predicted molar refractivity (Wildman–Crippen MR) is 135 cm³/mol. The highest BCUT2D eigenvalue weighted by Gasteiger charge is 2.16. The van der Waals surface area contributed by atoms with Crippen LogP contribution >= 0.6 is 15.9 Å². The van der Waals surface area contributed by atoms with Crippen molar-refractivity contribution in [3.63, 3.8) is 0 Å². The summed E-state index contributed by atoms with van der Waals surface area (Å²) in [5.41, 5.74) is 6.12. The van der Waals surface area contributed by atoms with Crippen LogP contribution in [-0.4, -0.2) is 12.6 Å². The van der Waals surface area contributed by atoms with E-state index in [1.54, 1.807) is 6.92 Å². The van der Waals surface area contributed by atoms with E-state index in [0.717, 1.165) is 49.9 Å². The number of para-hydroxylation sites is 1. The first-order chi connectivity index (χ1) is 16.0. The van der Waals surface area contributed by atoms with Crippen LogP contribution in [0.4, 0.5) is 0 Å². The van der Waals surface area contributed by atoms with Crippen LogP contribution in [0.25, 0.3) is 22.1 Å². The van der Waals surface area contributed by atoms with Gasteiger partial charge in [-0.2, -0.15) is 0 Å². The molecular formula is C28H27BrO4. The maximum atomic E-state index is 12.0. The van der Waals surface area contributed by atoms with Gasteiger partial charge in [0.25, 0.3) is 0 Å². The topological polar surface area (TPSA) is 48.7 Å². The minimum Gasteiger partial charge on any atom is -0.489 e. The zero-order valence-corrected chi connectivity index (χ0v) is 20.7. The lowest BCUT2D eigenvalue weighted by Crippen LogP contribution is -2.09. The Kier molecular flexibility index (Phi) is 7.19. The number of carbonyl (C=O) groups is 1. The number of hydrogen-bond acceptors (Lipinski definition) is 4. The van der Waals surface area contributed by atoms with Crippen LogP contribution in [0, 0.1) is 6.92 Å². The molecule has 0 spiro atoms. The Balaban J connectivity index is 1.68. The molecule has 1 aromatic heterocycles. The molecule has 4 aromatic rings. The molecule has 170 valence electrons. The third-order valence-corrected chi connectivity index (χ3v) is 6.59. The van der Waals surface area contributed by atoms with Gasteiger partial charge >= 0.3 is 5.97 Å². The van der Waals surface area contributed by atoms with E-state index in [9.17, 15) is 4.79 Å². The van der Waals surface area contributed by atoms with E-state index in [1.807, 2.05) is 31.2 Å². The van der Waals surface area contributed by atoms with Crippen molar-refractivity contribution in [2.45, 2.75) is 40.2 Å². The molecule has 4 nitrogen and oxygen atoms in total. The van der Waals surface area contributed by atoms with Crippen LogP contribution in [0.5, 0.6) is 5.75 Å². The number of aryl methyl sites for hydroxylation is 2. The standard InChI is InChI=1S/C28H27BrO4/c1-4-19-9-8-11-21(13-19)23-14-20(15-24-27(29)18(3)33-28(23)24)17-32-25-12-7-6-10-22(25)16-26(30)31-5-2/h6-15H,4-5,16-17H2,1-3H3. The molecule has 0 saturated carbocycles. The summed E-state index contributed by atoms with van der Waals surface area (Å²) in [5, 5.41) is 1.02. The second kappa shape index (κ2) is 10.3. The molecule has 0 N–H and O–H groups in total. The number of hydrogen-bond donors (Lipinski definition) is 0. The summed E-state index contributed by atoms with van der Waals surface area (Å²) in [5.74, 6) is 1.27. The van der Waals surface area contributed by atoms with Crippen LogP contribution < -0.4 is 4.74 Å². The van der Waals surface area contributed by atoms with E-state index >= 15 is 0 Å². The summed E-state index contributed by atoms with van der Waals surface area (Å²) in [4.78, 5) is 12.0. The molecule has 0 unspecified atom stereocenters. The number of halogens is 1. The zero-order valence-electron chi connectivity index (χ0n) is 19.1. The van der Waals surface area contributed by atoms with E-state index in [0.29, 0.717) is 19.0 Å². The quantitative estimate of drug-likeness (QED) is 0.233. The van der Waals surface area contributed by atoms with Crippen molar-refractivity contribution < 1.29 is 18.7 Å². The Morgan fingerprint density at radius 2 is 1.82 bits per heavy atom. The van der Waals surface area contributed by atoms with Crippen LogP contribution in [0.2, 0.25) is 0 Å². The number of benzene rings is 3. The van der Waals surface area contributed by atoms with Crippen molar-refractivity contribution in [2.75, 3.05) is 6.61 Å². The number of ether oxygens (including phenoxy) is 2. The van der Waals surface area contributed by atoms with Crippen molar-refractivity contribution in [1.82, 2.24) is 0 Å². The van der Waals surface area contributed by atoms with Crippen molar-refractivity contribution in [1.29, 1.82) is 0 Å². The minimum absolute atomic E-state index is 0.185. The fraction of sp³-hybridized carbons (Fsp3) is 0.250. The summed E-state index contributed by atoms with van der Waals surface area (Å²) < 4.78 is 18.4. The Hall–Kier alpha value is -3.05. The predicted octanol–water partition coefficient (Wildman–Crippen LogP) is 7.42. The molecule has 0 amide bonds. The third-order valence-electron chi connectivity index (χ3n) is 5.60. The molecule has 0 aliphatic rings. The van der Waals surface area contributed by atoms with Gasteiger partial charge in [0.15, 0.2) is 0 Å². The number of rotatable bonds is 8. The fourth-order valence-corrected chi connectivity index (χ4v) is 4.30. The molecule has 0 aliphatic heterocycles. The first-order valence-corrected chi connectivity index (χ1v) is 12.0. The molecule has 0 bridgehead atoms. The smallest absolute Gasteiger partial charge is 0.310 e. The molecule has 33 heavy (non-hydrogen) atoms. The summed E-state index contributed by atoms with van der Waals surface area (Å²) in [6.07, 6.45) is 1.16. The van der Waals surface area contributed by atoms with Crippen molar-refractivity contribution >= 4 is 32.9 Å². The molecule has 0 atom stereocenters. The molecule has 3 aromatic carbocycles. The molecule has 4 rings (SSSR count). The first kappa shape index (κ1) is 23.1. The van der Waals surface area contributed by atoms with Gasteiger partial charge in [-0.3, -0.25) is 4.79 Å². The lowest BCUT2D eigenvalue weighted by Gasteiger charge is -2.13. The second-order valence-electron chi connectivity index (χ2n) is 7.92. The van der Waals surface area contributed by atoms with Crippen LogP contribution in [0.1, 0.15) is 36.3 Å². The minimum atomic E-state index is -0.258. The highest BCUT2D eigenvalue weighted by atomic mass is 79.9. The van der Waals surface area contributed by atoms with E-state index in [2.05, 4.69) is 59.3 Å². The lowest BCUT2D eigenvalue weighted by molar-refractivity contribution is -0.142. The molecule has 5 heteroatoms. The van der Waals surface area contributed by atoms with E-state index in [1.165, 1.54) is 5.56 Å². The van der Waals surface area contributed by atoms with Gasteiger partial charge < -0.3 is 13.9 Å². The number of esters is 1. The number of carbonyl (C=O) groups excluding carboxylic acids is 1. The van der Waals surface area contributed by atoms with E-state index < -0.39 is 0 Å². The van der Waals surface area contributed by atoms with E-state index in [-0.39, 0.29) is 12.4 Å². The third kappa shape index (κ3) is 5.14. The van der Waals surface area contributed by atoms with Gasteiger partial charge in [-0.15, -0.1) is 0 Å². The van der Waals surface area contributed by atoms with Crippen LogP contribution in [0.15, 0.2) is 69.6 Å². The number of furan rings is 1. The average Bonchev–Trinajstić information content (AvgIpc) is 3.11. The summed E-state index contributed by atoms with van der Waals surface area (Å²) >= 11 is 3.68. The fourth-order valence-electron chi connectivity index (χ4n) is 3.93. The van der Waals surface area contributed by atoms with Gasteiger partial charge in [0.2, 0.25) is 0 Å². The molecule has 0 saturated heterocycles. The second-order valence-corrected chi connectivity index (χ2v) is 8.72. The largest absolute Gasteiger partial charge is 0.489 e. The normalized spacial score (nSPS) is 11.0. The maximum absolute atomic E-state index is 12.0. The molecule has 0 aliphatic carbocycles. The SMILES string of the molecule is CCOC(=O)Cc1ccccc1OCc1cc(-c2cccc(CC)c2)c2oc(C)c(Br)c2c1. The highest BCUT2D eigenvalue weighted by molar-refractivity contribution is 9.10. The van der Waals surface area contributed by atoms with Gasteiger partial charge in [0.05, 0.1) is 17.5 Å². The average molecular weight is 507 g/mol. The summed E-state index contributed by atoms with van der Waals surface area (Å²) in [6, 6.07) is 20.3. The van der Waals surface area contributed by atoms with Gasteiger partial charge in [0.1, 0.15) is 23.7 Å². The van der Waals surface area contributed by atoms with Crippen LogP contribution in [0.3, 0.4) is 0 Å². The summed E-state index contributed by atoms with van der Waals surface area (Å²) in [6.45, 7) is 6.65. The van der Waals surface area contributed by atoms with Gasteiger partial charge in [-0.05, 0) is 71.1 Å². The van der Waals surface area contributed by atoms with Crippen LogP contribution in [-0.2, 0) is 29.0 Å². The van der Waals surface area contributed by atoms with Gasteiger partial charge in [-0.25, -0.2) is 0 Å². The Morgan fingerprint density at radius 1 is 1.00 bits per heavy atom. The van der Waals surface area contributed by atoms with Crippen molar-refractivity contribution in [2.24, 2.45) is 0 Å². The highest BCUT2D eigenvalue weighted by Crippen LogP contribution is 2.38. The molecule has 0 radical (unpaired) electrons. The molecule has 1 heterocycles. The van der Waals surface area contributed by atoms with E-state index in [4.69, 9.17) is 13.9 Å². The zero-order chi connectivity index (χ0) is 23.4. The number of fused-ring (bicyclic) bond motifs is 1. The molecule has 0 fully saturated rings. The Labute approximate surface area is 202 Å². The molecular weight excluding hydrogens is 480 g/mol. The van der Waals surface area contributed by atoms with Crippen molar-refractivity contribution in [3.05, 3.63) is 87.6 Å². The monoisotopic (exact) mass is 506 g/mol. The first-order valence-electron chi connectivity index (χ1n) is 11.2. The van der Waals surface area contributed by atoms with Gasteiger partial charge in [-0.1, -0.05) is 49.4 Å². The summed E-state index contributed by atoms with van der Waals surface area (Å²) in [7, 11) is 0. The lowest BCUT2D eigenvalue weighted by atomic mass is 9.98. The Bertz CT molecular complexity index is 1290. The Morgan fingerprint density at radius 3 is 2.61 bits per heavy atom. The van der Waals surface area contributed by atoms with Crippen molar-refractivity contribution in [3.8, 4) is 16.9 Å².